The van der Waals surface area contributed by atoms with Crippen LogP contribution in [-0.4, -0.2) is 59.2 Å². The molecule has 2 saturated heterocycles. The second-order valence-electron chi connectivity index (χ2n) is 6.87. The Morgan fingerprint density at radius 1 is 1.37 bits per heavy atom. The summed E-state index contributed by atoms with van der Waals surface area (Å²) in [5.74, 6) is 0.269. The van der Waals surface area contributed by atoms with Gasteiger partial charge in [0.1, 0.15) is 6.04 Å². The van der Waals surface area contributed by atoms with Gasteiger partial charge in [-0.1, -0.05) is 19.9 Å². The minimum atomic E-state index is -3.60. The number of rotatable bonds is 6. The molecular formula is C18H25N3O4S2. The molecule has 0 unspecified atom stereocenters. The molecule has 0 aromatic heterocycles. The lowest BCUT2D eigenvalue weighted by Gasteiger charge is -2.29. The number of benzene rings is 1. The molecule has 0 radical (unpaired) electrons. The molecule has 2 aliphatic rings. The van der Waals surface area contributed by atoms with E-state index in [2.05, 4.69) is 5.32 Å². The van der Waals surface area contributed by atoms with Crippen LogP contribution in [0, 0.1) is 0 Å². The third-order valence-corrected chi connectivity index (χ3v) is 8.74. The Morgan fingerprint density at radius 3 is 2.74 bits per heavy atom. The first-order chi connectivity index (χ1) is 12.7. The fourth-order valence-electron chi connectivity index (χ4n) is 3.69. The van der Waals surface area contributed by atoms with Gasteiger partial charge >= 0.3 is 0 Å². The predicted molar refractivity (Wildman–Crippen MR) is 106 cm³/mol. The van der Waals surface area contributed by atoms with E-state index in [0.717, 1.165) is 6.42 Å². The van der Waals surface area contributed by atoms with Crippen LogP contribution in [0.15, 0.2) is 29.2 Å². The maximum absolute atomic E-state index is 12.8. The van der Waals surface area contributed by atoms with Gasteiger partial charge < -0.3 is 10.2 Å². The number of fused-ring (bicyclic) bond motifs is 1. The number of carbonyl (C=O) groups excluding carboxylic acids is 2. The van der Waals surface area contributed by atoms with E-state index >= 15 is 0 Å². The zero-order chi connectivity index (χ0) is 19.8. The van der Waals surface area contributed by atoms with E-state index in [4.69, 9.17) is 0 Å². The summed E-state index contributed by atoms with van der Waals surface area (Å²) in [5.41, 5.74) is 0.415. The second-order valence-corrected chi connectivity index (χ2v) is 10.3. The summed E-state index contributed by atoms with van der Waals surface area (Å²) < 4.78 is 26.7. The van der Waals surface area contributed by atoms with Crippen LogP contribution in [0.4, 0.5) is 5.69 Å². The van der Waals surface area contributed by atoms with Crippen LogP contribution in [0.25, 0.3) is 0 Å². The highest BCUT2D eigenvalue weighted by molar-refractivity contribution is 8.01. The van der Waals surface area contributed by atoms with Crippen LogP contribution in [0.3, 0.4) is 0 Å². The number of hydrogen-bond acceptors (Lipinski definition) is 5. The molecule has 0 bridgehead atoms. The van der Waals surface area contributed by atoms with E-state index in [1.54, 1.807) is 42.6 Å². The van der Waals surface area contributed by atoms with E-state index in [9.17, 15) is 18.0 Å². The van der Waals surface area contributed by atoms with E-state index in [0.29, 0.717) is 31.0 Å². The summed E-state index contributed by atoms with van der Waals surface area (Å²) >= 11 is 1.63. The SMILES string of the molecule is CCN(CC)S(=O)(=O)c1cccc(NC(=O)[C@H]2CS[C@]3(C)CCC(=O)N23)c1. The quantitative estimate of drug-likeness (QED) is 0.775. The normalized spacial score (nSPS) is 25.1. The standard InChI is InChI=1S/C18H25N3O4S2/c1-4-20(5-2)27(24,25)14-8-6-7-13(11-14)19-17(23)15-12-26-18(3)10-9-16(22)21(15)18/h6-8,11,15H,4-5,9-10,12H2,1-3H3,(H,19,23)/t15-,18-/m1/s1. The number of sulfonamides is 1. The first kappa shape index (κ1) is 20.2. The van der Waals surface area contributed by atoms with Crippen molar-refractivity contribution < 1.29 is 18.0 Å². The molecule has 9 heteroatoms. The summed E-state index contributed by atoms with van der Waals surface area (Å²) in [5, 5.41) is 2.79. The molecule has 2 heterocycles. The fraction of sp³-hybridized carbons (Fsp3) is 0.556. The molecule has 0 saturated carbocycles. The van der Waals surface area contributed by atoms with Gasteiger partial charge in [0.05, 0.1) is 9.77 Å². The maximum atomic E-state index is 12.8. The van der Waals surface area contributed by atoms with Gasteiger partial charge in [0.2, 0.25) is 21.8 Å². The van der Waals surface area contributed by atoms with Gasteiger partial charge in [-0.15, -0.1) is 11.8 Å². The van der Waals surface area contributed by atoms with Crippen molar-refractivity contribution >= 4 is 39.3 Å². The van der Waals surface area contributed by atoms with Gasteiger partial charge in [0.15, 0.2) is 0 Å². The largest absolute Gasteiger partial charge is 0.324 e. The molecule has 2 fully saturated rings. The van der Waals surface area contributed by atoms with Gasteiger partial charge in [-0.25, -0.2) is 8.42 Å². The Kier molecular flexibility index (Phi) is 5.56. The van der Waals surface area contributed by atoms with Crippen molar-refractivity contribution in [3.8, 4) is 0 Å². The molecule has 2 aliphatic heterocycles. The number of hydrogen-bond donors (Lipinski definition) is 1. The minimum absolute atomic E-state index is 0.000474. The first-order valence-corrected chi connectivity index (χ1v) is 11.5. The lowest BCUT2D eigenvalue weighted by molar-refractivity contribution is -0.135. The molecule has 1 N–H and O–H groups in total. The average molecular weight is 412 g/mol. The Labute approximate surface area is 164 Å². The average Bonchev–Trinajstić information content (AvgIpc) is 3.12. The Hall–Kier alpha value is -1.58. The zero-order valence-electron chi connectivity index (χ0n) is 15.8. The second kappa shape index (κ2) is 7.44. The van der Waals surface area contributed by atoms with Crippen molar-refractivity contribution in [3.05, 3.63) is 24.3 Å². The molecule has 7 nitrogen and oxygen atoms in total. The summed E-state index contributed by atoms with van der Waals surface area (Å²) in [6.07, 6.45) is 1.21. The van der Waals surface area contributed by atoms with Crippen molar-refractivity contribution in [2.75, 3.05) is 24.2 Å². The van der Waals surface area contributed by atoms with Crippen LogP contribution in [0.1, 0.15) is 33.6 Å². The summed E-state index contributed by atoms with van der Waals surface area (Å²) in [6, 6.07) is 5.74. The molecule has 148 valence electrons. The monoisotopic (exact) mass is 411 g/mol. The molecule has 1 aromatic rings. The summed E-state index contributed by atoms with van der Waals surface area (Å²) in [4.78, 5) is 26.5. The van der Waals surface area contributed by atoms with Crippen LogP contribution < -0.4 is 5.32 Å². The van der Waals surface area contributed by atoms with E-state index in [1.165, 1.54) is 16.4 Å². The fourth-order valence-corrected chi connectivity index (χ4v) is 6.62. The lowest BCUT2D eigenvalue weighted by Crippen LogP contribution is -2.48. The van der Waals surface area contributed by atoms with Gasteiger partial charge in [-0.05, 0) is 31.5 Å². The molecule has 2 atom stereocenters. The van der Waals surface area contributed by atoms with Crippen molar-refractivity contribution in [2.24, 2.45) is 0 Å². The smallest absolute Gasteiger partial charge is 0.248 e. The van der Waals surface area contributed by atoms with Crippen LogP contribution in [-0.2, 0) is 19.6 Å². The zero-order valence-corrected chi connectivity index (χ0v) is 17.4. The van der Waals surface area contributed by atoms with Gasteiger partial charge in [0, 0.05) is 31.0 Å². The highest BCUT2D eigenvalue weighted by Gasteiger charge is 2.52. The molecule has 2 amide bonds. The van der Waals surface area contributed by atoms with E-state index in [-0.39, 0.29) is 21.6 Å². The third-order valence-electron chi connectivity index (χ3n) is 5.19. The number of carbonyl (C=O) groups is 2. The Balaban J connectivity index is 1.79. The van der Waals surface area contributed by atoms with Gasteiger partial charge in [-0.3, -0.25) is 9.59 Å². The Morgan fingerprint density at radius 2 is 2.07 bits per heavy atom. The number of anilines is 1. The van der Waals surface area contributed by atoms with Crippen molar-refractivity contribution in [1.82, 2.24) is 9.21 Å². The van der Waals surface area contributed by atoms with E-state index < -0.39 is 16.1 Å². The summed E-state index contributed by atoms with van der Waals surface area (Å²) in [6.45, 7) is 6.32. The molecule has 27 heavy (non-hydrogen) atoms. The third kappa shape index (κ3) is 3.60. The summed E-state index contributed by atoms with van der Waals surface area (Å²) in [7, 11) is -3.60. The lowest BCUT2D eigenvalue weighted by atomic mass is 10.2. The molecule has 0 spiro atoms. The number of nitrogens with zero attached hydrogens (tertiary/aromatic N) is 2. The number of amides is 2. The van der Waals surface area contributed by atoms with Gasteiger partial charge in [-0.2, -0.15) is 4.31 Å². The minimum Gasteiger partial charge on any atom is -0.324 e. The predicted octanol–water partition coefficient (Wildman–Crippen LogP) is 2.11. The highest BCUT2D eigenvalue weighted by atomic mass is 32.2. The molecule has 0 aliphatic carbocycles. The topological polar surface area (TPSA) is 86.8 Å². The molecule has 3 rings (SSSR count). The van der Waals surface area contributed by atoms with Crippen molar-refractivity contribution in [1.29, 1.82) is 0 Å². The number of thioether (sulfide) groups is 1. The van der Waals surface area contributed by atoms with Crippen LogP contribution in [0.2, 0.25) is 0 Å². The maximum Gasteiger partial charge on any atom is 0.248 e. The van der Waals surface area contributed by atoms with Crippen LogP contribution >= 0.6 is 11.8 Å². The highest BCUT2D eigenvalue weighted by Crippen LogP contribution is 2.47. The van der Waals surface area contributed by atoms with Gasteiger partial charge in [0.25, 0.3) is 0 Å². The number of nitrogens with one attached hydrogen (secondary N) is 1. The van der Waals surface area contributed by atoms with Crippen molar-refractivity contribution in [2.45, 2.75) is 49.4 Å². The first-order valence-electron chi connectivity index (χ1n) is 9.10. The van der Waals surface area contributed by atoms with Crippen LogP contribution in [0.5, 0.6) is 0 Å². The van der Waals surface area contributed by atoms with Crippen molar-refractivity contribution in [3.63, 3.8) is 0 Å². The van der Waals surface area contributed by atoms with E-state index in [1.807, 2.05) is 6.92 Å². The molecule has 1 aromatic carbocycles. The molecular weight excluding hydrogens is 386 g/mol. The Bertz CT molecular complexity index is 854.